The zero-order valence-electron chi connectivity index (χ0n) is 13.1. The molecule has 2 rings (SSSR count). The lowest BCUT2D eigenvalue weighted by molar-refractivity contribution is -0.122. The fraction of sp³-hybridized carbons (Fsp3) is 0.929. The van der Waals surface area contributed by atoms with E-state index in [-0.39, 0.29) is 12.0 Å². The fourth-order valence-electron chi connectivity index (χ4n) is 2.83. The summed E-state index contributed by atoms with van der Waals surface area (Å²) in [5, 5.41) is 2.77. The van der Waals surface area contributed by atoms with E-state index in [1.54, 1.807) is 0 Å². The largest absolute Gasteiger partial charge is 0.374 e. The molecule has 7 heteroatoms. The van der Waals surface area contributed by atoms with Crippen molar-refractivity contribution >= 4 is 15.7 Å². The number of hydrogen-bond acceptors (Lipinski definition) is 5. The number of amides is 1. The molecule has 21 heavy (non-hydrogen) atoms. The molecule has 1 aliphatic carbocycles. The molecule has 1 aliphatic heterocycles. The van der Waals surface area contributed by atoms with Crippen LogP contribution < -0.4 is 5.32 Å². The molecule has 2 aliphatic rings. The summed E-state index contributed by atoms with van der Waals surface area (Å²) in [6.07, 6.45) is 1.95. The SMILES string of the molecule is CC(C)CN1CCOC(CNC(=O)C2(S(C)(=O)=O)CC2)C1. The van der Waals surface area contributed by atoms with Gasteiger partial charge in [0, 0.05) is 32.4 Å². The molecule has 2 fully saturated rings. The lowest BCUT2D eigenvalue weighted by Gasteiger charge is -2.34. The van der Waals surface area contributed by atoms with E-state index in [9.17, 15) is 13.2 Å². The Balaban J connectivity index is 1.82. The van der Waals surface area contributed by atoms with Gasteiger partial charge in [0.05, 0.1) is 12.7 Å². The molecular formula is C14H26N2O4S. The van der Waals surface area contributed by atoms with Crippen molar-refractivity contribution in [2.45, 2.75) is 37.5 Å². The summed E-state index contributed by atoms with van der Waals surface area (Å²) in [5.74, 6) is 0.230. The monoisotopic (exact) mass is 318 g/mol. The Morgan fingerprint density at radius 3 is 2.62 bits per heavy atom. The van der Waals surface area contributed by atoms with E-state index >= 15 is 0 Å². The van der Waals surface area contributed by atoms with E-state index < -0.39 is 14.6 Å². The predicted molar refractivity (Wildman–Crippen MR) is 80.8 cm³/mol. The highest BCUT2D eigenvalue weighted by molar-refractivity contribution is 7.93. The molecule has 1 saturated carbocycles. The molecule has 0 aromatic heterocycles. The molecule has 0 spiro atoms. The normalized spacial score (nSPS) is 25.8. The third-order valence-corrected chi connectivity index (χ3v) is 6.18. The van der Waals surface area contributed by atoms with Crippen molar-refractivity contribution in [2.75, 3.05) is 39.0 Å². The molecule has 1 unspecified atom stereocenters. The predicted octanol–water partition coefficient (Wildman–Crippen LogP) is 0.0366. The van der Waals surface area contributed by atoms with E-state index in [2.05, 4.69) is 24.1 Å². The summed E-state index contributed by atoms with van der Waals surface area (Å²) in [4.78, 5) is 14.4. The number of morpholine rings is 1. The van der Waals surface area contributed by atoms with Crippen LogP contribution in [0.25, 0.3) is 0 Å². The average Bonchev–Trinajstić information content (AvgIpc) is 3.16. The summed E-state index contributed by atoms with van der Waals surface area (Å²) in [6, 6.07) is 0. The minimum atomic E-state index is -3.33. The molecule has 1 atom stereocenters. The third kappa shape index (κ3) is 3.96. The zero-order valence-corrected chi connectivity index (χ0v) is 13.9. The van der Waals surface area contributed by atoms with Crippen LogP contribution in [0.15, 0.2) is 0 Å². The van der Waals surface area contributed by atoms with E-state index in [1.807, 2.05) is 0 Å². The molecule has 0 aromatic carbocycles. The van der Waals surface area contributed by atoms with Gasteiger partial charge in [-0.15, -0.1) is 0 Å². The molecular weight excluding hydrogens is 292 g/mol. The van der Waals surface area contributed by atoms with Crippen LogP contribution in [-0.2, 0) is 19.4 Å². The van der Waals surface area contributed by atoms with Gasteiger partial charge in [-0.1, -0.05) is 13.8 Å². The second kappa shape index (κ2) is 6.22. The van der Waals surface area contributed by atoms with Crippen LogP contribution in [0.5, 0.6) is 0 Å². The Kier molecular flexibility index (Phi) is 4.95. The molecule has 0 radical (unpaired) electrons. The first-order valence-corrected chi connectivity index (χ1v) is 9.45. The highest BCUT2D eigenvalue weighted by Crippen LogP contribution is 2.43. The van der Waals surface area contributed by atoms with Gasteiger partial charge < -0.3 is 10.1 Å². The molecule has 1 saturated heterocycles. The second-order valence-electron chi connectivity index (χ2n) is 6.62. The van der Waals surface area contributed by atoms with Gasteiger partial charge >= 0.3 is 0 Å². The minimum Gasteiger partial charge on any atom is -0.374 e. The van der Waals surface area contributed by atoms with Crippen LogP contribution in [0.4, 0.5) is 0 Å². The number of nitrogens with zero attached hydrogens (tertiary/aromatic N) is 1. The number of sulfone groups is 1. The molecule has 6 nitrogen and oxygen atoms in total. The maximum atomic E-state index is 12.1. The summed E-state index contributed by atoms with van der Waals surface area (Å²) < 4.78 is 27.8. The van der Waals surface area contributed by atoms with Crippen LogP contribution in [0.2, 0.25) is 0 Å². The van der Waals surface area contributed by atoms with E-state index in [4.69, 9.17) is 4.74 Å². The average molecular weight is 318 g/mol. The van der Waals surface area contributed by atoms with Crippen molar-refractivity contribution in [2.24, 2.45) is 5.92 Å². The standard InChI is InChI=1S/C14H26N2O4S/c1-11(2)9-16-6-7-20-12(10-16)8-15-13(17)14(4-5-14)21(3,18)19/h11-12H,4-10H2,1-3H3,(H,15,17). The van der Waals surface area contributed by atoms with Crippen LogP contribution in [0.1, 0.15) is 26.7 Å². The fourth-order valence-corrected chi connectivity index (χ4v) is 4.09. The van der Waals surface area contributed by atoms with Crippen LogP contribution in [0, 0.1) is 5.92 Å². The minimum absolute atomic E-state index is 0.0585. The Bertz CT molecular complexity index is 485. The van der Waals surface area contributed by atoms with Crippen LogP contribution in [0.3, 0.4) is 0 Å². The van der Waals surface area contributed by atoms with Crippen molar-refractivity contribution in [1.29, 1.82) is 0 Å². The second-order valence-corrected chi connectivity index (χ2v) is 8.95. The van der Waals surface area contributed by atoms with E-state index in [0.717, 1.165) is 25.9 Å². The highest BCUT2D eigenvalue weighted by atomic mass is 32.2. The summed E-state index contributed by atoms with van der Waals surface area (Å²) in [6.45, 7) is 8.10. The van der Waals surface area contributed by atoms with E-state index in [1.165, 1.54) is 0 Å². The smallest absolute Gasteiger partial charge is 0.241 e. The molecule has 0 bridgehead atoms. The molecule has 0 aromatic rings. The quantitative estimate of drug-likeness (QED) is 0.748. The Morgan fingerprint density at radius 1 is 1.43 bits per heavy atom. The molecule has 1 N–H and O–H groups in total. The van der Waals surface area contributed by atoms with Crippen molar-refractivity contribution in [3.8, 4) is 0 Å². The zero-order chi connectivity index (χ0) is 15.7. The lowest BCUT2D eigenvalue weighted by Crippen LogP contribution is -2.50. The van der Waals surface area contributed by atoms with Gasteiger partial charge in [-0.05, 0) is 18.8 Å². The number of ether oxygens (including phenoxy) is 1. The van der Waals surface area contributed by atoms with E-state index in [0.29, 0.717) is 31.9 Å². The molecule has 122 valence electrons. The molecule has 1 amide bonds. The Hall–Kier alpha value is -0.660. The summed E-state index contributed by atoms with van der Waals surface area (Å²) in [7, 11) is -3.33. The maximum Gasteiger partial charge on any atom is 0.241 e. The van der Waals surface area contributed by atoms with Gasteiger partial charge in [-0.2, -0.15) is 0 Å². The summed E-state index contributed by atoms with van der Waals surface area (Å²) >= 11 is 0. The topological polar surface area (TPSA) is 75.7 Å². The van der Waals surface area contributed by atoms with Crippen molar-refractivity contribution in [3.63, 3.8) is 0 Å². The number of carbonyl (C=O) groups excluding carboxylic acids is 1. The van der Waals surface area contributed by atoms with Gasteiger partial charge in [-0.3, -0.25) is 9.69 Å². The first kappa shape index (κ1) is 16.7. The van der Waals surface area contributed by atoms with Gasteiger partial charge in [0.15, 0.2) is 14.6 Å². The van der Waals surface area contributed by atoms with Crippen molar-refractivity contribution < 1.29 is 17.9 Å². The third-order valence-electron chi connectivity index (χ3n) is 4.16. The van der Waals surface area contributed by atoms with Gasteiger partial charge in [-0.25, -0.2) is 8.42 Å². The molecule has 1 heterocycles. The first-order valence-electron chi connectivity index (χ1n) is 7.56. The van der Waals surface area contributed by atoms with Gasteiger partial charge in [0.25, 0.3) is 0 Å². The van der Waals surface area contributed by atoms with Crippen LogP contribution in [-0.4, -0.2) is 69.1 Å². The maximum absolute atomic E-state index is 12.1. The first-order chi connectivity index (χ1) is 9.74. The lowest BCUT2D eigenvalue weighted by atomic mass is 10.2. The summed E-state index contributed by atoms with van der Waals surface area (Å²) in [5.41, 5.74) is 0. The van der Waals surface area contributed by atoms with Crippen molar-refractivity contribution in [3.05, 3.63) is 0 Å². The highest BCUT2D eigenvalue weighted by Gasteiger charge is 2.58. The Labute approximate surface area is 127 Å². The van der Waals surface area contributed by atoms with Gasteiger partial charge in [0.1, 0.15) is 0 Å². The number of nitrogens with one attached hydrogen (secondary N) is 1. The van der Waals surface area contributed by atoms with Gasteiger partial charge in [0.2, 0.25) is 5.91 Å². The Morgan fingerprint density at radius 2 is 2.10 bits per heavy atom. The van der Waals surface area contributed by atoms with Crippen LogP contribution >= 0.6 is 0 Å². The number of hydrogen-bond donors (Lipinski definition) is 1. The number of carbonyl (C=O) groups is 1. The number of rotatable bonds is 6. The van der Waals surface area contributed by atoms with Crippen molar-refractivity contribution in [1.82, 2.24) is 10.2 Å².